The normalized spacial score (nSPS) is 18.2. The Kier molecular flexibility index (Phi) is 7.81. The summed E-state index contributed by atoms with van der Waals surface area (Å²) in [6, 6.07) is 1.05. The third-order valence-corrected chi connectivity index (χ3v) is 3.17. The molecule has 2 nitrogen and oxygen atoms in total. The largest absolute Gasteiger partial charge is 0.380 e. The molecule has 0 spiro atoms. The lowest BCUT2D eigenvalue weighted by molar-refractivity contribution is 0.0852. The van der Waals surface area contributed by atoms with E-state index in [1.165, 1.54) is 12.2 Å². The van der Waals surface area contributed by atoms with Gasteiger partial charge in [-0.1, -0.05) is 6.92 Å². The molecule has 0 amide bonds. The van der Waals surface area contributed by atoms with E-state index in [0.717, 1.165) is 0 Å². The van der Waals surface area contributed by atoms with Gasteiger partial charge in [-0.3, -0.25) is 0 Å². The summed E-state index contributed by atoms with van der Waals surface area (Å²) in [6.07, 6.45) is 3.62. The quantitative estimate of drug-likeness (QED) is 0.688. The third kappa shape index (κ3) is 5.55. The lowest BCUT2D eigenvalue weighted by atomic mass is 10.1. The molecule has 80 valence electrons. The van der Waals surface area contributed by atoms with Gasteiger partial charge in [-0.25, -0.2) is 0 Å². The summed E-state index contributed by atoms with van der Waals surface area (Å²) < 4.78 is 5.27. The van der Waals surface area contributed by atoms with E-state index in [-0.39, 0.29) is 6.10 Å². The highest BCUT2D eigenvalue weighted by molar-refractivity contribution is 7.98. The number of methoxy groups -OCH3 is 1. The van der Waals surface area contributed by atoms with Crippen LogP contribution in [0.2, 0.25) is 0 Å². The third-order valence-electron chi connectivity index (χ3n) is 2.44. The molecular weight excluding hydrogens is 182 g/mol. The minimum atomic E-state index is 0.288. The molecule has 1 N–H and O–H groups in total. The Bertz CT molecular complexity index is 121. The monoisotopic (exact) mass is 205 g/mol. The standard InChI is InChI=1S/C10H23NOS/c1-6-10(7-13-5)11-8(2)9(3)12-4/h8-11H,6-7H2,1-5H3. The summed E-state index contributed by atoms with van der Waals surface area (Å²) >= 11 is 1.89. The molecular formula is C10H23NOS. The fourth-order valence-corrected chi connectivity index (χ4v) is 1.93. The van der Waals surface area contributed by atoms with Crippen molar-refractivity contribution in [2.75, 3.05) is 19.1 Å². The molecule has 0 aliphatic heterocycles. The number of nitrogens with one attached hydrogen (secondary N) is 1. The van der Waals surface area contributed by atoms with Crippen LogP contribution >= 0.6 is 11.8 Å². The first-order chi connectivity index (χ1) is 6.15. The minimum absolute atomic E-state index is 0.288. The summed E-state index contributed by atoms with van der Waals surface area (Å²) in [5, 5.41) is 3.57. The van der Waals surface area contributed by atoms with Gasteiger partial charge in [0.25, 0.3) is 0 Å². The molecule has 0 heterocycles. The maximum atomic E-state index is 5.27. The fraction of sp³-hybridized carbons (Fsp3) is 1.00. The number of ether oxygens (including phenoxy) is 1. The van der Waals surface area contributed by atoms with Crippen molar-refractivity contribution in [3.8, 4) is 0 Å². The van der Waals surface area contributed by atoms with Crippen LogP contribution < -0.4 is 5.32 Å². The maximum absolute atomic E-state index is 5.27. The molecule has 0 aromatic rings. The van der Waals surface area contributed by atoms with E-state index in [2.05, 4.69) is 32.3 Å². The molecule has 0 radical (unpaired) electrons. The number of thioether (sulfide) groups is 1. The second-order valence-corrected chi connectivity index (χ2v) is 4.37. The summed E-state index contributed by atoms with van der Waals surface area (Å²) in [5.74, 6) is 1.18. The van der Waals surface area contributed by atoms with Crippen molar-refractivity contribution in [1.29, 1.82) is 0 Å². The van der Waals surface area contributed by atoms with Gasteiger partial charge in [0.1, 0.15) is 0 Å². The first kappa shape index (κ1) is 13.3. The molecule has 0 aliphatic carbocycles. The van der Waals surface area contributed by atoms with Crippen LogP contribution in [0.4, 0.5) is 0 Å². The fourth-order valence-electron chi connectivity index (χ4n) is 1.20. The molecule has 3 unspecified atom stereocenters. The van der Waals surface area contributed by atoms with Gasteiger partial charge in [-0.15, -0.1) is 0 Å². The van der Waals surface area contributed by atoms with Gasteiger partial charge < -0.3 is 10.1 Å². The lowest BCUT2D eigenvalue weighted by Crippen LogP contribution is -2.44. The summed E-state index contributed by atoms with van der Waals surface area (Å²) in [4.78, 5) is 0. The smallest absolute Gasteiger partial charge is 0.0693 e. The molecule has 0 saturated heterocycles. The van der Waals surface area contributed by atoms with Crippen LogP contribution in [0.3, 0.4) is 0 Å². The Balaban J connectivity index is 3.78. The van der Waals surface area contributed by atoms with E-state index in [0.29, 0.717) is 12.1 Å². The Morgan fingerprint density at radius 3 is 2.38 bits per heavy atom. The molecule has 3 heteroatoms. The molecule has 0 aromatic carbocycles. The van der Waals surface area contributed by atoms with E-state index >= 15 is 0 Å². The number of hydrogen-bond donors (Lipinski definition) is 1. The Labute approximate surface area is 86.8 Å². The first-order valence-electron chi connectivity index (χ1n) is 4.93. The van der Waals surface area contributed by atoms with Crippen LogP contribution in [-0.2, 0) is 4.74 Å². The molecule has 13 heavy (non-hydrogen) atoms. The zero-order valence-corrected chi connectivity index (χ0v) is 10.3. The predicted molar refractivity (Wildman–Crippen MR) is 61.5 cm³/mol. The van der Waals surface area contributed by atoms with Gasteiger partial charge in [0, 0.05) is 24.9 Å². The van der Waals surface area contributed by atoms with E-state index in [1.807, 2.05) is 11.8 Å². The van der Waals surface area contributed by atoms with E-state index < -0.39 is 0 Å². The zero-order valence-electron chi connectivity index (χ0n) is 9.46. The number of hydrogen-bond acceptors (Lipinski definition) is 3. The average Bonchev–Trinajstić information content (AvgIpc) is 2.15. The van der Waals surface area contributed by atoms with Crippen molar-refractivity contribution in [1.82, 2.24) is 5.32 Å². The van der Waals surface area contributed by atoms with Crippen LogP contribution in [0.1, 0.15) is 27.2 Å². The van der Waals surface area contributed by atoms with Crippen molar-refractivity contribution in [3.63, 3.8) is 0 Å². The highest BCUT2D eigenvalue weighted by atomic mass is 32.2. The second-order valence-electron chi connectivity index (χ2n) is 3.46. The van der Waals surface area contributed by atoms with Gasteiger partial charge in [-0.2, -0.15) is 11.8 Å². The van der Waals surface area contributed by atoms with Crippen LogP contribution in [0.25, 0.3) is 0 Å². The van der Waals surface area contributed by atoms with E-state index in [4.69, 9.17) is 4.74 Å². The first-order valence-corrected chi connectivity index (χ1v) is 6.32. The highest BCUT2D eigenvalue weighted by Crippen LogP contribution is 2.04. The number of rotatable bonds is 7. The van der Waals surface area contributed by atoms with Crippen LogP contribution in [0.15, 0.2) is 0 Å². The molecule has 3 atom stereocenters. The van der Waals surface area contributed by atoms with Crippen LogP contribution in [0.5, 0.6) is 0 Å². The zero-order chi connectivity index (χ0) is 10.3. The van der Waals surface area contributed by atoms with Gasteiger partial charge >= 0.3 is 0 Å². The predicted octanol–water partition coefficient (Wildman–Crippen LogP) is 2.14. The average molecular weight is 205 g/mol. The van der Waals surface area contributed by atoms with E-state index in [9.17, 15) is 0 Å². The molecule has 0 aromatic heterocycles. The van der Waals surface area contributed by atoms with Crippen molar-refractivity contribution in [2.45, 2.75) is 45.4 Å². The summed E-state index contributed by atoms with van der Waals surface area (Å²) in [6.45, 7) is 6.50. The molecule has 0 bridgehead atoms. The second kappa shape index (κ2) is 7.65. The van der Waals surface area contributed by atoms with Crippen LogP contribution in [-0.4, -0.2) is 37.3 Å². The van der Waals surface area contributed by atoms with Crippen molar-refractivity contribution < 1.29 is 4.74 Å². The SMILES string of the molecule is CCC(CSC)NC(C)C(C)OC. The van der Waals surface area contributed by atoms with Gasteiger partial charge in [0.05, 0.1) is 6.10 Å². The van der Waals surface area contributed by atoms with Gasteiger partial charge in [-0.05, 0) is 26.5 Å². The lowest BCUT2D eigenvalue weighted by Gasteiger charge is -2.25. The van der Waals surface area contributed by atoms with Gasteiger partial charge in [0.2, 0.25) is 0 Å². The molecule has 0 rings (SSSR count). The molecule has 0 saturated carbocycles. The summed E-state index contributed by atoms with van der Waals surface area (Å²) in [5.41, 5.74) is 0. The molecule has 0 fully saturated rings. The minimum Gasteiger partial charge on any atom is -0.380 e. The maximum Gasteiger partial charge on any atom is 0.0693 e. The Hall–Kier alpha value is 0.270. The Morgan fingerprint density at radius 1 is 1.38 bits per heavy atom. The molecule has 0 aliphatic rings. The van der Waals surface area contributed by atoms with Crippen molar-refractivity contribution in [3.05, 3.63) is 0 Å². The Morgan fingerprint density at radius 2 is 2.00 bits per heavy atom. The van der Waals surface area contributed by atoms with Crippen LogP contribution in [0, 0.1) is 0 Å². The van der Waals surface area contributed by atoms with Gasteiger partial charge in [0.15, 0.2) is 0 Å². The van der Waals surface area contributed by atoms with E-state index in [1.54, 1.807) is 7.11 Å². The van der Waals surface area contributed by atoms with Crippen molar-refractivity contribution in [2.24, 2.45) is 0 Å². The van der Waals surface area contributed by atoms with Crippen molar-refractivity contribution >= 4 is 11.8 Å². The summed E-state index contributed by atoms with van der Waals surface area (Å²) in [7, 11) is 1.76. The highest BCUT2D eigenvalue weighted by Gasteiger charge is 2.14. The topological polar surface area (TPSA) is 21.3 Å².